The molecular formula is C23H38N4O3. The first kappa shape index (κ1) is 23.0. The Labute approximate surface area is 181 Å². The molecule has 1 aromatic carbocycles. The molecule has 7 heteroatoms. The first-order chi connectivity index (χ1) is 14.8. The van der Waals surface area contributed by atoms with Gasteiger partial charge in [-0.05, 0) is 24.5 Å². The molecule has 2 heterocycles. The van der Waals surface area contributed by atoms with E-state index >= 15 is 0 Å². The van der Waals surface area contributed by atoms with Crippen LogP contribution in [-0.4, -0.2) is 88.6 Å². The van der Waals surface area contributed by atoms with Crippen molar-refractivity contribution in [2.24, 2.45) is 10.9 Å². The van der Waals surface area contributed by atoms with Gasteiger partial charge in [-0.2, -0.15) is 0 Å². The minimum absolute atomic E-state index is 0.560. The Hall–Kier alpha value is -1.67. The summed E-state index contributed by atoms with van der Waals surface area (Å²) in [6, 6.07) is 8.88. The molecule has 168 valence electrons. The van der Waals surface area contributed by atoms with Gasteiger partial charge in [0.15, 0.2) is 5.96 Å². The number of guanidine groups is 1. The molecule has 2 aliphatic heterocycles. The van der Waals surface area contributed by atoms with Gasteiger partial charge in [-0.3, -0.25) is 4.90 Å². The average Bonchev–Trinajstić information content (AvgIpc) is 3.25. The van der Waals surface area contributed by atoms with Gasteiger partial charge in [0.2, 0.25) is 0 Å². The number of hydrogen-bond donors (Lipinski definition) is 1. The van der Waals surface area contributed by atoms with Crippen molar-refractivity contribution in [1.82, 2.24) is 15.1 Å². The minimum atomic E-state index is 0.560. The van der Waals surface area contributed by atoms with E-state index < -0.39 is 0 Å². The van der Waals surface area contributed by atoms with Crippen LogP contribution >= 0.6 is 0 Å². The fraction of sp³-hybridized carbons (Fsp3) is 0.696. The molecule has 0 radical (unpaired) electrons. The second kappa shape index (κ2) is 12.9. The normalized spacial score (nSPS) is 20.7. The van der Waals surface area contributed by atoms with Gasteiger partial charge in [0.25, 0.3) is 0 Å². The van der Waals surface area contributed by atoms with Crippen molar-refractivity contribution in [2.45, 2.75) is 26.4 Å². The molecule has 2 saturated heterocycles. The van der Waals surface area contributed by atoms with E-state index in [1.54, 1.807) is 7.11 Å². The highest BCUT2D eigenvalue weighted by Gasteiger charge is 2.25. The molecule has 1 aromatic rings. The van der Waals surface area contributed by atoms with Crippen molar-refractivity contribution in [3.63, 3.8) is 0 Å². The fourth-order valence-electron chi connectivity index (χ4n) is 3.91. The topological polar surface area (TPSA) is 58.6 Å². The van der Waals surface area contributed by atoms with Crippen molar-refractivity contribution in [2.75, 3.05) is 72.9 Å². The number of nitrogens with one attached hydrogen (secondary N) is 1. The lowest BCUT2D eigenvalue weighted by atomic mass is 10.1. The van der Waals surface area contributed by atoms with E-state index in [0.717, 1.165) is 71.5 Å². The van der Waals surface area contributed by atoms with Crippen molar-refractivity contribution in [3.8, 4) is 0 Å². The fourth-order valence-corrected chi connectivity index (χ4v) is 3.91. The molecule has 0 aromatic heterocycles. The molecule has 2 aliphatic rings. The van der Waals surface area contributed by atoms with Crippen LogP contribution in [0.25, 0.3) is 0 Å². The smallest absolute Gasteiger partial charge is 0.194 e. The van der Waals surface area contributed by atoms with Crippen molar-refractivity contribution in [3.05, 3.63) is 35.4 Å². The van der Waals surface area contributed by atoms with Crippen LogP contribution in [0, 0.1) is 5.92 Å². The molecule has 30 heavy (non-hydrogen) atoms. The average molecular weight is 419 g/mol. The number of benzene rings is 1. The van der Waals surface area contributed by atoms with Gasteiger partial charge in [-0.25, -0.2) is 4.99 Å². The van der Waals surface area contributed by atoms with Crippen LogP contribution in [0.1, 0.15) is 24.5 Å². The number of ether oxygens (including phenoxy) is 3. The van der Waals surface area contributed by atoms with E-state index in [0.29, 0.717) is 25.7 Å². The summed E-state index contributed by atoms with van der Waals surface area (Å²) in [5.74, 6) is 1.57. The minimum Gasteiger partial charge on any atom is -0.382 e. The van der Waals surface area contributed by atoms with Gasteiger partial charge in [-0.15, -0.1) is 0 Å². The zero-order valence-corrected chi connectivity index (χ0v) is 18.6. The lowest BCUT2D eigenvalue weighted by Crippen LogP contribution is -2.40. The van der Waals surface area contributed by atoms with Crippen molar-refractivity contribution < 1.29 is 14.2 Å². The Kier molecular flexibility index (Phi) is 9.89. The SMILES string of the molecule is CCNC(=NCc1ccc(CN2CCOCC2)cc1)N1CCC(COCCOC)C1. The van der Waals surface area contributed by atoms with E-state index in [1.165, 1.54) is 11.1 Å². The number of morpholine rings is 1. The summed E-state index contributed by atoms with van der Waals surface area (Å²) in [7, 11) is 1.71. The van der Waals surface area contributed by atoms with Crippen LogP contribution in [-0.2, 0) is 27.3 Å². The predicted molar refractivity (Wildman–Crippen MR) is 120 cm³/mol. The van der Waals surface area contributed by atoms with Gasteiger partial charge in [0.05, 0.1) is 39.6 Å². The first-order valence-electron chi connectivity index (χ1n) is 11.3. The summed E-state index contributed by atoms with van der Waals surface area (Å²) in [6.45, 7) is 12.6. The Bertz CT molecular complexity index is 632. The number of likely N-dealkylation sites (tertiary alicyclic amines) is 1. The molecule has 0 spiro atoms. The third-order valence-corrected chi connectivity index (χ3v) is 5.65. The van der Waals surface area contributed by atoms with Gasteiger partial charge in [0, 0.05) is 52.3 Å². The summed E-state index contributed by atoms with van der Waals surface area (Å²) < 4.78 is 16.2. The van der Waals surface area contributed by atoms with Crippen molar-refractivity contribution >= 4 is 5.96 Å². The number of hydrogen-bond acceptors (Lipinski definition) is 5. The lowest BCUT2D eigenvalue weighted by Gasteiger charge is -2.26. The summed E-state index contributed by atoms with van der Waals surface area (Å²) >= 11 is 0. The van der Waals surface area contributed by atoms with E-state index in [1.807, 2.05) is 0 Å². The molecular weight excluding hydrogens is 380 g/mol. The Balaban J connectivity index is 1.48. The van der Waals surface area contributed by atoms with Crippen LogP contribution in [0.2, 0.25) is 0 Å². The molecule has 1 unspecified atom stereocenters. The maximum Gasteiger partial charge on any atom is 0.194 e. The van der Waals surface area contributed by atoms with Crippen LogP contribution in [0.4, 0.5) is 0 Å². The summed E-state index contributed by atoms with van der Waals surface area (Å²) in [6.07, 6.45) is 1.15. The highest BCUT2D eigenvalue weighted by molar-refractivity contribution is 5.80. The molecule has 2 fully saturated rings. The summed E-state index contributed by atoms with van der Waals surface area (Å²) in [5.41, 5.74) is 2.60. The maximum atomic E-state index is 5.72. The summed E-state index contributed by atoms with van der Waals surface area (Å²) in [4.78, 5) is 9.71. The lowest BCUT2D eigenvalue weighted by molar-refractivity contribution is 0.0342. The van der Waals surface area contributed by atoms with E-state index in [4.69, 9.17) is 19.2 Å². The van der Waals surface area contributed by atoms with Gasteiger partial charge in [0.1, 0.15) is 0 Å². The molecule has 1 N–H and O–H groups in total. The third-order valence-electron chi connectivity index (χ3n) is 5.65. The monoisotopic (exact) mass is 418 g/mol. The summed E-state index contributed by atoms with van der Waals surface area (Å²) in [5, 5.41) is 3.45. The molecule has 0 amide bonds. The number of methoxy groups -OCH3 is 1. The number of aliphatic imine (C=N–C) groups is 1. The molecule has 0 bridgehead atoms. The van der Waals surface area contributed by atoms with E-state index in [2.05, 4.69) is 46.3 Å². The second-order valence-corrected chi connectivity index (χ2v) is 8.04. The first-order valence-corrected chi connectivity index (χ1v) is 11.3. The highest BCUT2D eigenvalue weighted by Crippen LogP contribution is 2.17. The van der Waals surface area contributed by atoms with Crippen LogP contribution < -0.4 is 5.32 Å². The maximum absolute atomic E-state index is 5.72. The highest BCUT2D eigenvalue weighted by atomic mass is 16.5. The van der Waals surface area contributed by atoms with E-state index in [9.17, 15) is 0 Å². The van der Waals surface area contributed by atoms with E-state index in [-0.39, 0.29) is 0 Å². The predicted octanol–water partition coefficient (Wildman–Crippen LogP) is 1.97. The quantitative estimate of drug-likeness (QED) is 0.356. The Morgan fingerprint density at radius 2 is 1.90 bits per heavy atom. The van der Waals surface area contributed by atoms with Crippen LogP contribution in [0.5, 0.6) is 0 Å². The molecule has 1 atom stereocenters. The number of rotatable bonds is 10. The van der Waals surface area contributed by atoms with Crippen molar-refractivity contribution in [1.29, 1.82) is 0 Å². The van der Waals surface area contributed by atoms with Gasteiger partial charge >= 0.3 is 0 Å². The zero-order chi connectivity index (χ0) is 21.0. The Morgan fingerprint density at radius 3 is 2.63 bits per heavy atom. The molecule has 0 aliphatic carbocycles. The second-order valence-electron chi connectivity index (χ2n) is 8.04. The van der Waals surface area contributed by atoms with Gasteiger partial charge < -0.3 is 24.4 Å². The standard InChI is InChI=1S/C23H38N4O3/c1-3-24-23(27-9-8-22(18-27)19-30-15-14-28-2)25-16-20-4-6-21(7-5-20)17-26-10-12-29-13-11-26/h4-7,22H,3,8-19H2,1-2H3,(H,24,25). The number of nitrogens with zero attached hydrogens (tertiary/aromatic N) is 3. The van der Waals surface area contributed by atoms with Crippen LogP contribution in [0.3, 0.4) is 0 Å². The zero-order valence-electron chi connectivity index (χ0n) is 18.6. The Morgan fingerprint density at radius 1 is 1.13 bits per heavy atom. The largest absolute Gasteiger partial charge is 0.382 e. The molecule has 7 nitrogen and oxygen atoms in total. The third kappa shape index (κ3) is 7.54. The molecule has 3 rings (SSSR count). The van der Waals surface area contributed by atoms with Gasteiger partial charge in [-0.1, -0.05) is 24.3 Å². The van der Waals surface area contributed by atoms with Crippen LogP contribution in [0.15, 0.2) is 29.3 Å². The molecule has 0 saturated carbocycles.